The molecule has 4 N–H and O–H groups in total. The van der Waals surface area contributed by atoms with E-state index in [9.17, 15) is 4.79 Å². The van der Waals surface area contributed by atoms with Crippen molar-refractivity contribution in [1.29, 1.82) is 0 Å². The van der Waals surface area contributed by atoms with E-state index in [0.717, 1.165) is 19.5 Å². The summed E-state index contributed by atoms with van der Waals surface area (Å²) in [5, 5.41) is 0. The van der Waals surface area contributed by atoms with Gasteiger partial charge in [-0.1, -0.05) is 13.8 Å². The fourth-order valence-corrected chi connectivity index (χ4v) is 1.72. The van der Waals surface area contributed by atoms with Gasteiger partial charge in [-0.3, -0.25) is 4.79 Å². The molecule has 0 spiro atoms. The zero-order chi connectivity index (χ0) is 10.1. The van der Waals surface area contributed by atoms with E-state index < -0.39 is 0 Å². The maximum atomic E-state index is 11.3. The van der Waals surface area contributed by atoms with E-state index in [1.165, 1.54) is 0 Å². The summed E-state index contributed by atoms with van der Waals surface area (Å²) >= 11 is 0. The fourth-order valence-electron chi connectivity index (χ4n) is 1.72. The van der Waals surface area contributed by atoms with Crippen molar-refractivity contribution in [2.45, 2.75) is 26.3 Å². The van der Waals surface area contributed by atoms with Crippen LogP contribution >= 0.6 is 0 Å². The van der Waals surface area contributed by atoms with Gasteiger partial charge in [-0.25, -0.2) is 0 Å². The Kier molecular flexibility index (Phi) is 2.93. The van der Waals surface area contributed by atoms with Crippen LogP contribution < -0.4 is 11.5 Å². The highest BCUT2D eigenvalue weighted by Crippen LogP contribution is 2.27. The minimum absolute atomic E-state index is 0.0169. The number of rotatable bonds is 1. The Morgan fingerprint density at radius 2 is 2.23 bits per heavy atom. The molecule has 0 aromatic rings. The summed E-state index contributed by atoms with van der Waals surface area (Å²) < 4.78 is 0. The second kappa shape index (κ2) is 3.64. The van der Waals surface area contributed by atoms with Gasteiger partial charge in [-0.15, -0.1) is 0 Å². The third-order valence-corrected chi connectivity index (χ3v) is 2.84. The highest BCUT2D eigenvalue weighted by molar-refractivity contribution is 5.78. The lowest BCUT2D eigenvalue weighted by molar-refractivity contribution is -0.133. The molecular weight excluding hydrogens is 166 g/mol. The molecule has 0 bridgehead atoms. The molecule has 1 rings (SSSR count). The third kappa shape index (κ3) is 2.19. The Labute approximate surface area is 79.3 Å². The number of piperidine rings is 1. The molecule has 0 saturated carbocycles. The van der Waals surface area contributed by atoms with Gasteiger partial charge in [-0.2, -0.15) is 0 Å². The van der Waals surface area contributed by atoms with E-state index in [1.807, 2.05) is 4.90 Å². The Balaban J connectivity index is 2.60. The number of nitrogens with two attached hydrogens (primary N) is 2. The van der Waals surface area contributed by atoms with E-state index in [0.29, 0.717) is 0 Å². The van der Waals surface area contributed by atoms with E-state index in [-0.39, 0.29) is 23.9 Å². The zero-order valence-electron chi connectivity index (χ0n) is 8.42. The van der Waals surface area contributed by atoms with Crippen LogP contribution in [0.5, 0.6) is 0 Å². The molecule has 13 heavy (non-hydrogen) atoms. The van der Waals surface area contributed by atoms with Crippen LogP contribution in [0.25, 0.3) is 0 Å². The Morgan fingerprint density at radius 1 is 1.62 bits per heavy atom. The van der Waals surface area contributed by atoms with Crippen LogP contribution in [-0.4, -0.2) is 36.5 Å². The van der Waals surface area contributed by atoms with E-state index in [2.05, 4.69) is 13.8 Å². The highest BCUT2D eigenvalue weighted by Gasteiger charge is 2.34. The van der Waals surface area contributed by atoms with Crippen molar-refractivity contribution in [2.75, 3.05) is 19.6 Å². The molecule has 4 nitrogen and oxygen atoms in total. The standard InChI is InChI=1S/C9H19N3O/c1-9(2)6-12(8(13)5-10)4-3-7(9)11/h7H,3-6,10-11H2,1-2H3. The second-order valence-electron chi connectivity index (χ2n) is 4.40. The first-order valence-corrected chi connectivity index (χ1v) is 4.71. The van der Waals surface area contributed by atoms with Crippen LogP contribution in [0.15, 0.2) is 0 Å². The molecule has 1 saturated heterocycles. The summed E-state index contributed by atoms with van der Waals surface area (Å²) in [6, 6.07) is 0.189. The van der Waals surface area contributed by atoms with Gasteiger partial charge in [0.25, 0.3) is 0 Å². The van der Waals surface area contributed by atoms with Crippen molar-refractivity contribution in [3.63, 3.8) is 0 Å². The minimum Gasteiger partial charge on any atom is -0.341 e. The van der Waals surface area contributed by atoms with Crippen molar-refractivity contribution in [1.82, 2.24) is 4.90 Å². The largest absolute Gasteiger partial charge is 0.341 e. The van der Waals surface area contributed by atoms with Crippen molar-refractivity contribution >= 4 is 5.91 Å². The van der Waals surface area contributed by atoms with Crippen LogP contribution in [0, 0.1) is 5.41 Å². The van der Waals surface area contributed by atoms with Crippen LogP contribution in [0.4, 0.5) is 0 Å². The highest BCUT2D eigenvalue weighted by atomic mass is 16.2. The van der Waals surface area contributed by atoms with Gasteiger partial charge in [0.05, 0.1) is 6.54 Å². The van der Waals surface area contributed by atoms with Gasteiger partial charge in [-0.05, 0) is 11.8 Å². The molecule has 1 unspecified atom stereocenters. The Hall–Kier alpha value is -0.610. The summed E-state index contributed by atoms with van der Waals surface area (Å²) in [5.74, 6) is 0.0278. The first kappa shape index (κ1) is 10.5. The number of carbonyl (C=O) groups is 1. The Bertz CT molecular complexity index is 203. The van der Waals surface area contributed by atoms with Crippen LogP contribution in [0.3, 0.4) is 0 Å². The molecule has 1 aliphatic rings. The number of likely N-dealkylation sites (tertiary alicyclic amines) is 1. The summed E-state index contributed by atoms with van der Waals surface area (Å²) in [6.45, 7) is 5.76. The predicted octanol–water partition coefficient (Wildman–Crippen LogP) is -0.469. The minimum atomic E-state index is 0.0169. The van der Waals surface area contributed by atoms with Crippen molar-refractivity contribution in [3.05, 3.63) is 0 Å². The second-order valence-corrected chi connectivity index (χ2v) is 4.40. The van der Waals surface area contributed by atoms with Gasteiger partial charge in [0.15, 0.2) is 0 Å². The zero-order valence-corrected chi connectivity index (χ0v) is 8.42. The van der Waals surface area contributed by atoms with Gasteiger partial charge in [0, 0.05) is 19.1 Å². The number of nitrogens with zero attached hydrogens (tertiary/aromatic N) is 1. The monoisotopic (exact) mass is 185 g/mol. The van der Waals surface area contributed by atoms with E-state index in [1.54, 1.807) is 0 Å². The third-order valence-electron chi connectivity index (χ3n) is 2.84. The molecule has 0 aliphatic carbocycles. The quantitative estimate of drug-likeness (QED) is 0.580. The Morgan fingerprint density at radius 3 is 2.69 bits per heavy atom. The predicted molar refractivity (Wildman–Crippen MR) is 52.0 cm³/mol. The molecule has 1 fully saturated rings. The van der Waals surface area contributed by atoms with Crippen LogP contribution in [-0.2, 0) is 4.79 Å². The van der Waals surface area contributed by atoms with Crippen LogP contribution in [0.2, 0.25) is 0 Å². The van der Waals surface area contributed by atoms with Gasteiger partial charge in [0.1, 0.15) is 0 Å². The molecule has 76 valence electrons. The molecule has 1 aliphatic heterocycles. The average Bonchev–Trinajstić information content (AvgIpc) is 2.08. The van der Waals surface area contributed by atoms with Crippen molar-refractivity contribution < 1.29 is 4.79 Å². The van der Waals surface area contributed by atoms with Gasteiger partial charge in [0.2, 0.25) is 5.91 Å². The SMILES string of the molecule is CC1(C)CN(C(=O)CN)CCC1N. The summed E-state index contributed by atoms with van der Waals surface area (Å²) in [7, 11) is 0. The normalized spacial score (nSPS) is 27.4. The molecule has 1 atom stereocenters. The number of hydrogen-bond donors (Lipinski definition) is 2. The van der Waals surface area contributed by atoms with E-state index in [4.69, 9.17) is 11.5 Å². The molecular formula is C9H19N3O. The summed E-state index contributed by atoms with van der Waals surface area (Å²) in [6.07, 6.45) is 0.874. The summed E-state index contributed by atoms with van der Waals surface area (Å²) in [4.78, 5) is 13.1. The van der Waals surface area contributed by atoms with Crippen LogP contribution in [0.1, 0.15) is 20.3 Å². The maximum absolute atomic E-state index is 11.3. The number of amides is 1. The molecule has 1 heterocycles. The fraction of sp³-hybridized carbons (Fsp3) is 0.889. The number of carbonyl (C=O) groups excluding carboxylic acids is 1. The van der Waals surface area contributed by atoms with Crippen molar-refractivity contribution in [3.8, 4) is 0 Å². The average molecular weight is 185 g/mol. The first-order valence-electron chi connectivity index (χ1n) is 4.71. The molecule has 0 radical (unpaired) electrons. The topological polar surface area (TPSA) is 72.3 Å². The summed E-state index contributed by atoms with van der Waals surface area (Å²) in [5.41, 5.74) is 11.3. The lowest BCUT2D eigenvalue weighted by Crippen LogP contribution is -2.55. The molecule has 1 amide bonds. The van der Waals surface area contributed by atoms with Gasteiger partial charge < -0.3 is 16.4 Å². The van der Waals surface area contributed by atoms with Crippen molar-refractivity contribution in [2.24, 2.45) is 16.9 Å². The lowest BCUT2D eigenvalue weighted by Gasteiger charge is -2.42. The smallest absolute Gasteiger partial charge is 0.236 e. The number of hydrogen-bond acceptors (Lipinski definition) is 3. The van der Waals surface area contributed by atoms with Gasteiger partial charge >= 0.3 is 0 Å². The maximum Gasteiger partial charge on any atom is 0.236 e. The first-order chi connectivity index (χ1) is 5.97. The lowest BCUT2D eigenvalue weighted by atomic mass is 9.80. The van der Waals surface area contributed by atoms with E-state index >= 15 is 0 Å². The molecule has 0 aromatic heterocycles. The molecule has 4 heteroatoms. The molecule has 0 aromatic carbocycles.